The molecule has 0 heterocycles. The first-order chi connectivity index (χ1) is 12.7. The lowest BCUT2D eigenvalue weighted by Gasteiger charge is -2.22. The van der Waals surface area contributed by atoms with Crippen LogP contribution in [0.2, 0.25) is 0 Å². The molecule has 0 N–H and O–H groups in total. The largest absolute Gasteiger partial charge is 0.457 e. The molecule has 0 aliphatic carbocycles. The second-order valence-corrected chi connectivity index (χ2v) is 7.13. The van der Waals surface area contributed by atoms with Gasteiger partial charge in [0.05, 0.1) is 26.2 Å². The number of esters is 1. The standard InChI is InChI=1S/C20H22NO2.NO3/c1-21(2,3)13-20(22)23-14-19-17-10-6-4-8-15(17)12-16-9-5-7-11-18(16)19;2-1(3)4/h4-12H,13-14H2,1-3H3;/q+1;-1. The van der Waals surface area contributed by atoms with Crippen molar-refractivity contribution in [3.63, 3.8) is 0 Å². The fourth-order valence-corrected chi connectivity index (χ4v) is 2.85. The van der Waals surface area contributed by atoms with E-state index in [0.29, 0.717) is 17.6 Å². The molecule has 0 spiro atoms. The van der Waals surface area contributed by atoms with Crippen molar-refractivity contribution in [1.82, 2.24) is 0 Å². The SMILES string of the molecule is C[N+](C)(C)CC(=O)OCc1c2ccccc2cc2ccccc12.O=[N+]([O-])[O-]. The van der Waals surface area contributed by atoms with E-state index in [-0.39, 0.29) is 5.97 Å². The van der Waals surface area contributed by atoms with Crippen molar-refractivity contribution in [2.75, 3.05) is 27.7 Å². The molecule has 7 heteroatoms. The van der Waals surface area contributed by atoms with Crippen LogP contribution in [0.4, 0.5) is 0 Å². The van der Waals surface area contributed by atoms with E-state index in [2.05, 4.69) is 30.3 Å². The number of hydrogen-bond acceptors (Lipinski definition) is 5. The van der Waals surface area contributed by atoms with Crippen LogP contribution in [-0.4, -0.2) is 43.2 Å². The lowest BCUT2D eigenvalue weighted by Crippen LogP contribution is -2.40. The summed E-state index contributed by atoms with van der Waals surface area (Å²) in [6.45, 7) is 0.670. The molecule has 0 saturated carbocycles. The number of rotatable bonds is 4. The predicted molar refractivity (Wildman–Crippen MR) is 105 cm³/mol. The third-order valence-corrected chi connectivity index (χ3v) is 3.86. The molecule has 0 bridgehead atoms. The van der Waals surface area contributed by atoms with Crippen LogP contribution < -0.4 is 0 Å². The summed E-state index contributed by atoms with van der Waals surface area (Å²) in [5, 5.41) is 19.4. The highest BCUT2D eigenvalue weighted by molar-refractivity contribution is 6.02. The van der Waals surface area contributed by atoms with Gasteiger partial charge in [0.2, 0.25) is 0 Å². The first kappa shape index (κ1) is 20.1. The summed E-state index contributed by atoms with van der Waals surface area (Å²) in [5.41, 5.74) is 1.08. The molecule has 0 aliphatic heterocycles. The quantitative estimate of drug-likeness (QED) is 0.230. The molecule has 142 valence electrons. The lowest BCUT2D eigenvalue weighted by molar-refractivity contribution is -0.862. The van der Waals surface area contributed by atoms with Gasteiger partial charge in [-0.15, -0.1) is 0 Å². The number of quaternary nitrogens is 1. The van der Waals surface area contributed by atoms with E-state index in [1.165, 1.54) is 10.8 Å². The van der Waals surface area contributed by atoms with Gasteiger partial charge in [0.25, 0.3) is 0 Å². The molecule has 0 amide bonds. The monoisotopic (exact) mass is 370 g/mol. The topological polar surface area (TPSA) is 92.5 Å². The summed E-state index contributed by atoms with van der Waals surface area (Å²) in [6.07, 6.45) is 0. The number of likely N-dealkylation sites (N-methyl/N-ethyl adjacent to an activating group) is 1. The van der Waals surface area contributed by atoms with Gasteiger partial charge < -0.3 is 24.5 Å². The summed E-state index contributed by atoms with van der Waals surface area (Å²) < 4.78 is 6.13. The summed E-state index contributed by atoms with van der Waals surface area (Å²) >= 11 is 0. The smallest absolute Gasteiger partial charge is 0.362 e. The Balaban J connectivity index is 0.000000596. The molecule has 3 rings (SSSR count). The number of carbonyl (C=O) groups is 1. The van der Waals surface area contributed by atoms with E-state index >= 15 is 0 Å². The molecule has 3 aromatic rings. The summed E-state index contributed by atoms with van der Waals surface area (Å²) in [4.78, 5) is 20.3. The third-order valence-electron chi connectivity index (χ3n) is 3.86. The number of carbonyl (C=O) groups excluding carboxylic acids is 1. The zero-order chi connectivity index (χ0) is 20.0. The van der Waals surface area contributed by atoms with E-state index in [4.69, 9.17) is 20.1 Å². The average molecular weight is 370 g/mol. The zero-order valence-electron chi connectivity index (χ0n) is 15.5. The second kappa shape index (κ2) is 8.46. The Morgan fingerprint density at radius 2 is 1.41 bits per heavy atom. The summed E-state index contributed by atoms with van der Waals surface area (Å²) in [5.74, 6) is -0.172. The molecule has 0 unspecified atom stereocenters. The average Bonchev–Trinajstić information content (AvgIpc) is 2.56. The summed E-state index contributed by atoms with van der Waals surface area (Å²) in [6, 6.07) is 18.7. The van der Waals surface area contributed by atoms with Crippen LogP contribution in [0.15, 0.2) is 54.6 Å². The molecule has 0 radical (unpaired) electrons. The van der Waals surface area contributed by atoms with E-state index in [1.807, 2.05) is 45.4 Å². The van der Waals surface area contributed by atoms with Gasteiger partial charge in [0.15, 0.2) is 6.54 Å². The van der Waals surface area contributed by atoms with Crippen LogP contribution in [0.3, 0.4) is 0 Å². The fraction of sp³-hybridized carbons (Fsp3) is 0.250. The second-order valence-electron chi connectivity index (χ2n) is 7.13. The van der Waals surface area contributed by atoms with Crippen molar-refractivity contribution >= 4 is 27.5 Å². The van der Waals surface area contributed by atoms with Gasteiger partial charge in [0, 0.05) is 5.56 Å². The normalized spacial score (nSPS) is 10.9. The molecule has 7 nitrogen and oxygen atoms in total. The Labute approximate surface area is 157 Å². The van der Waals surface area contributed by atoms with Crippen LogP contribution in [0.5, 0.6) is 0 Å². The van der Waals surface area contributed by atoms with Crippen molar-refractivity contribution in [2.45, 2.75) is 6.61 Å². The molecule has 27 heavy (non-hydrogen) atoms. The first-order valence-corrected chi connectivity index (χ1v) is 8.34. The molecule has 0 fully saturated rings. The van der Waals surface area contributed by atoms with Gasteiger partial charge in [-0.05, 0) is 27.6 Å². The molecular weight excluding hydrogens is 348 g/mol. The van der Waals surface area contributed by atoms with Crippen molar-refractivity contribution in [1.29, 1.82) is 0 Å². The lowest BCUT2D eigenvalue weighted by atomic mass is 9.97. The minimum absolute atomic E-state index is 0.172. The maximum atomic E-state index is 12.1. The first-order valence-electron chi connectivity index (χ1n) is 8.34. The van der Waals surface area contributed by atoms with Crippen LogP contribution in [-0.2, 0) is 16.1 Å². The maximum absolute atomic E-state index is 12.1. The third kappa shape index (κ3) is 5.93. The molecule has 0 atom stereocenters. The van der Waals surface area contributed by atoms with Crippen molar-refractivity contribution in [3.05, 3.63) is 75.5 Å². The number of benzene rings is 3. The Morgan fingerprint density at radius 3 is 1.85 bits per heavy atom. The van der Waals surface area contributed by atoms with Crippen molar-refractivity contribution in [3.8, 4) is 0 Å². The predicted octanol–water partition coefficient (Wildman–Crippen LogP) is 3.50. The summed E-state index contributed by atoms with van der Waals surface area (Å²) in [7, 11) is 5.94. The highest BCUT2D eigenvalue weighted by atomic mass is 16.9. The Hall–Kier alpha value is -3.19. The Bertz CT molecular complexity index is 905. The highest BCUT2D eigenvalue weighted by Gasteiger charge is 2.16. The van der Waals surface area contributed by atoms with Gasteiger partial charge in [-0.3, -0.25) is 0 Å². The van der Waals surface area contributed by atoms with Gasteiger partial charge in [-0.25, -0.2) is 4.79 Å². The molecule has 3 aromatic carbocycles. The van der Waals surface area contributed by atoms with Crippen LogP contribution in [0.1, 0.15) is 5.56 Å². The van der Waals surface area contributed by atoms with Crippen LogP contribution in [0.25, 0.3) is 21.5 Å². The Kier molecular flexibility index (Phi) is 6.31. The van der Waals surface area contributed by atoms with E-state index in [1.54, 1.807) is 0 Å². The van der Waals surface area contributed by atoms with E-state index in [0.717, 1.165) is 16.3 Å². The fourth-order valence-electron chi connectivity index (χ4n) is 2.85. The van der Waals surface area contributed by atoms with Gasteiger partial charge in [-0.1, -0.05) is 48.5 Å². The van der Waals surface area contributed by atoms with Gasteiger partial charge in [0.1, 0.15) is 6.61 Å². The Morgan fingerprint density at radius 1 is 0.963 bits per heavy atom. The number of fused-ring (bicyclic) bond motifs is 2. The van der Waals surface area contributed by atoms with E-state index < -0.39 is 5.09 Å². The maximum Gasteiger partial charge on any atom is 0.362 e. The molecule has 0 aliphatic rings. The van der Waals surface area contributed by atoms with Crippen LogP contribution in [0, 0.1) is 15.3 Å². The van der Waals surface area contributed by atoms with Crippen molar-refractivity contribution < 1.29 is 19.1 Å². The van der Waals surface area contributed by atoms with Gasteiger partial charge in [-0.2, -0.15) is 0 Å². The van der Waals surface area contributed by atoms with Crippen molar-refractivity contribution in [2.24, 2.45) is 0 Å². The minimum atomic E-state index is -1.75. The van der Waals surface area contributed by atoms with E-state index in [9.17, 15) is 4.79 Å². The number of hydrogen-bond donors (Lipinski definition) is 0. The minimum Gasteiger partial charge on any atom is -0.457 e. The highest BCUT2D eigenvalue weighted by Crippen LogP contribution is 2.29. The van der Waals surface area contributed by atoms with Crippen LogP contribution >= 0.6 is 0 Å². The number of ether oxygens (including phenoxy) is 1. The zero-order valence-corrected chi connectivity index (χ0v) is 15.5. The molecular formula is C20H22N2O5. The number of nitrogens with zero attached hydrogens (tertiary/aromatic N) is 2. The molecule has 0 aromatic heterocycles. The van der Waals surface area contributed by atoms with Gasteiger partial charge >= 0.3 is 5.97 Å². The molecule has 0 saturated heterocycles.